The number of aromatic amines is 1. The van der Waals surface area contributed by atoms with E-state index in [0.29, 0.717) is 21.2 Å². The van der Waals surface area contributed by atoms with Crippen LogP contribution >= 0.6 is 23.2 Å². The Bertz CT molecular complexity index is 528. The molecule has 15 heavy (non-hydrogen) atoms. The lowest BCUT2D eigenvalue weighted by Crippen LogP contribution is -2.02. The van der Waals surface area contributed by atoms with Crippen LogP contribution in [0.25, 0.3) is 11.1 Å². The third kappa shape index (κ3) is 2.22. The third-order valence-electron chi connectivity index (χ3n) is 2.00. The summed E-state index contributed by atoms with van der Waals surface area (Å²) in [5.41, 5.74) is 1.21. The van der Waals surface area contributed by atoms with Gasteiger partial charge in [-0.3, -0.25) is 4.79 Å². The van der Waals surface area contributed by atoms with Crippen molar-refractivity contribution >= 4 is 23.2 Å². The maximum atomic E-state index is 11.5. The first-order valence-corrected chi connectivity index (χ1v) is 5.06. The Hall–Kier alpha value is -1.25. The fourth-order valence-electron chi connectivity index (χ4n) is 1.35. The molecule has 2 aromatic rings. The fourth-order valence-corrected chi connectivity index (χ4v) is 1.88. The molecule has 1 N–H and O–H groups in total. The summed E-state index contributed by atoms with van der Waals surface area (Å²) in [4.78, 5) is 14.4. The first-order valence-electron chi connectivity index (χ1n) is 4.30. The second-order valence-corrected chi connectivity index (χ2v) is 3.95. The number of halogens is 2. The van der Waals surface area contributed by atoms with E-state index in [9.17, 15) is 4.79 Å². The topological polar surface area (TPSA) is 32.9 Å². The van der Waals surface area contributed by atoms with Crippen LogP contribution in [-0.2, 0) is 0 Å². The number of hydrogen-bond donors (Lipinski definition) is 1. The van der Waals surface area contributed by atoms with Gasteiger partial charge in [-0.2, -0.15) is 0 Å². The van der Waals surface area contributed by atoms with E-state index >= 15 is 0 Å². The number of aromatic nitrogens is 1. The van der Waals surface area contributed by atoms with Gasteiger partial charge in [-0.25, -0.2) is 0 Å². The molecule has 0 aliphatic carbocycles. The van der Waals surface area contributed by atoms with E-state index in [-0.39, 0.29) is 5.43 Å². The summed E-state index contributed by atoms with van der Waals surface area (Å²) in [7, 11) is 0. The molecule has 1 aromatic heterocycles. The van der Waals surface area contributed by atoms with Gasteiger partial charge >= 0.3 is 0 Å². The molecule has 0 radical (unpaired) electrons. The summed E-state index contributed by atoms with van der Waals surface area (Å²) in [6.07, 6.45) is 3.21. The lowest BCUT2D eigenvalue weighted by atomic mass is 10.1. The van der Waals surface area contributed by atoms with E-state index in [2.05, 4.69) is 4.98 Å². The van der Waals surface area contributed by atoms with E-state index in [1.165, 1.54) is 6.07 Å². The number of nitrogens with one attached hydrogen (secondary N) is 1. The van der Waals surface area contributed by atoms with Gasteiger partial charge < -0.3 is 4.98 Å². The number of hydrogen-bond acceptors (Lipinski definition) is 1. The zero-order chi connectivity index (χ0) is 10.8. The van der Waals surface area contributed by atoms with Crippen LogP contribution < -0.4 is 5.43 Å². The van der Waals surface area contributed by atoms with Crippen molar-refractivity contribution in [2.45, 2.75) is 0 Å². The summed E-state index contributed by atoms with van der Waals surface area (Å²) < 4.78 is 0. The van der Waals surface area contributed by atoms with Crippen molar-refractivity contribution in [1.29, 1.82) is 0 Å². The van der Waals surface area contributed by atoms with Crippen molar-refractivity contribution in [3.63, 3.8) is 0 Å². The molecule has 0 bridgehead atoms. The zero-order valence-corrected chi connectivity index (χ0v) is 9.14. The highest BCUT2D eigenvalue weighted by Crippen LogP contribution is 2.24. The molecule has 0 saturated carbocycles. The molecule has 0 saturated heterocycles. The van der Waals surface area contributed by atoms with Crippen LogP contribution in [0.1, 0.15) is 0 Å². The molecule has 4 heteroatoms. The summed E-state index contributed by atoms with van der Waals surface area (Å²) in [5, 5.41) is 1.03. The van der Waals surface area contributed by atoms with Crippen molar-refractivity contribution in [2.75, 3.05) is 0 Å². The third-order valence-corrected chi connectivity index (χ3v) is 2.43. The van der Waals surface area contributed by atoms with Gasteiger partial charge in [0.1, 0.15) is 0 Å². The average Bonchev–Trinajstić information content (AvgIpc) is 2.16. The second kappa shape index (κ2) is 4.09. The van der Waals surface area contributed by atoms with Gasteiger partial charge in [-0.05, 0) is 23.8 Å². The Morgan fingerprint density at radius 3 is 2.33 bits per heavy atom. The lowest BCUT2D eigenvalue weighted by Gasteiger charge is -2.01. The normalized spacial score (nSPS) is 10.3. The van der Waals surface area contributed by atoms with Crippen LogP contribution in [0.4, 0.5) is 0 Å². The zero-order valence-electron chi connectivity index (χ0n) is 7.63. The van der Waals surface area contributed by atoms with Crippen LogP contribution in [0.3, 0.4) is 0 Å². The van der Waals surface area contributed by atoms with E-state index in [1.807, 2.05) is 0 Å². The van der Waals surface area contributed by atoms with E-state index in [4.69, 9.17) is 23.2 Å². The molecule has 1 heterocycles. The predicted molar refractivity (Wildman–Crippen MR) is 62.5 cm³/mol. The van der Waals surface area contributed by atoms with Gasteiger partial charge in [-0.1, -0.05) is 23.2 Å². The van der Waals surface area contributed by atoms with Gasteiger partial charge in [0.25, 0.3) is 0 Å². The molecule has 0 amide bonds. The maximum Gasteiger partial charge on any atom is 0.189 e. The van der Waals surface area contributed by atoms with E-state index < -0.39 is 0 Å². The Labute approximate surface area is 96.5 Å². The smallest absolute Gasteiger partial charge is 0.189 e. The Morgan fingerprint density at radius 2 is 1.73 bits per heavy atom. The van der Waals surface area contributed by atoms with Gasteiger partial charge in [0.05, 0.1) is 0 Å². The Morgan fingerprint density at radius 1 is 1.07 bits per heavy atom. The van der Waals surface area contributed by atoms with Gasteiger partial charge in [0, 0.05) is 34.1 Å². The molecule has 2 rings (SSSR count). The van der Waals surface area contributed by atoms with Crippen LogP contribution in [0.5, 0.6) is 0 Å². The van der Waals surface area contributed by atoms with Crippen LogP contribution in [0.2, 0.25) is 10.0 Å². The van der Waals surface area contributed by atoms with Crippen LogP contribution in [0.15, 0.2) is 41.5 Å². The van der Waals surface area contributed by atoms with Crippen molar-refractivity contribution in [3.05, 3.63) is 56.9 Å². The Balaban J connectivity index is 2.64. The largest absolute Gasteiger partial charge is 0.367 e. The number of pyridine rings is 1. The molecule has 0 fully saturated rings. The first-order chi connectivity index (χ1) is 7.16. The molecule has 0 unspecified atom stereocenters. The highest BCUT2D eigenvalue weighted by molar-refractivity contribution is 6.35. The SMILES string of the molecule is O=c1cc[nH]cc1-c1cc(Cl)cc(Cl)c1. The summed E-state index contributed by atoms with van der Waals surface area (Å²) in [6.45, 7) is 0. The molecular weight excluding hydrogens is 233 g/mol. The average molecular weight is 240 g/mol. The lowest BCUT2D eigenvalue weighted by molar-refractivity contribution is 1.30. The maximum absolute atomic E-state index is 11.5. The quantitative estimate of drug-likeness (QED) is 0.814. The monoisotopic (exact) mass is 239 g/mol. The predicted octanol–water partition coefficient (Wildman–Crippen LogP) is 3.35. The number of benzene rings is 1. The summed E-state index contributed by atoms with van der Waals surface area (Å²) >= 11 is 11.7. The highest BCUT2D eigenvalue weighted by Gasteiger charge is 2.04. The minimum absolute atomic E-state index is 0.0629. The minimum Gasteiger partial charge on any atom is -0.367 e. The molecule has 2 nitrogen and oxygen atoms in total. The van der Waals surface area contributed by atoms with Gasteiger partial charge in [0.15, 0.2) is 5.43 Å². The molecule has 0 atom stereocenters. The van der Waals surface area contributed by atoms with Crippen molar-refractivity contribution in [1.82, 2.24) is 4.98 Å². The molecule has 0 aliphatic rings. The van der Waals surface area contributed by atoms with Crippen LogP contribution in [0, 0.1) is 0 Å². The molecule has 0 aliphatic heterocycles. The van der Waals surface area contributed by atoms with Crippen LogP contribution in [-0.4, -0.2) is 4.98 Å². The van der Waals surface area contributed by atoms with E-state index in [1.54, 1.807) is 30.6 Å². The van der Waals surface area contributed by atoms with Gasteiger partial charge in [0.2, 0.25) is 0 Å². The number of rotatable bonds is 1. The van der Waals surface area contributed by atoms with Gasteiger partial charge in [-0.15, -0.1) is 0 Å². The molecule has 76 valence electrons. The Kier molecular flexibility index (Phi) is 2.80. The molecule has 0 spiro atoms. The summed E-state index contributed by atoms with van der Waals surface area (Å²) in [5.74, 6) is 0. The first kappa shape index (κ1) is 10.3. The highest BCUT2D eigenvalue weighted by atomic mass is 35.5. The minimum atomic E-state index is -0.0629. The summed E-state index contributed by atoms with van der Waals surface area (Å²) in [6, 6.07) is 6.50. The number of H-pyrrole nitrogens is 1. The van der Waals surface area contributed by atoms with Crippen molar-refractivity contribution in [2.24, 2.45) is 0 Å². The molecular formula is C11H7Cl2NO. The fraction of sp³-hybridized carbons (Fsp3) is 0. The molecule has 1 aromatic carbocycles. The van der Waals surface area contributed by atoms with Crippen molar-refractivity contribution in [3.8, 4) is 11.1 Å². The second-order valence-electron chi connectivity index (χ2n) is 3.08. The van der Waals surface area contributed by atoms with Crippen molar-refractivity contribution < 1.29 is 0 Å². The van der Waals surface area contributed by atoms with E-state index in [0.717, 1.165) is 0 Å². The standard InChI is InChI=1S/C11H7Cl2NO/c12-8-3-7(4-9(13)5-8)10-6-14-2-1-11(10)15/h1-6H,(H,14,15).